The Hall–Kier alpha value is -2.64. The molecule has 1 rings (SSSR count). The fourth-order valence-corrected chi connectivity index (χ4v) is 4.43. The van der Waals surface area contributed by atoms with E-state index in [0.29, 0.717) is 19.3 Å². The first-order valence-electron chi connectivity index (χ1n) is 12.4. The van der Waals surface area contributed by atoms with E-state index in [-0.39, 0.29) is 37.6 Å². The molecule has 1 aliphatic rings. The zero-order valence-corrected chi connectivity index (χ0v) is 21.4. The van der Waals surface area contributed by atoms with Crippen LogP contribution in [0.1, 0.15) is 67.2 Å². The number of allylic oxidation sites excluding steroid dienone is 1. The molecule has 0 aromatic rings. The van der Waals surface area contributed by atoms with Gasteiger partial charge in [0.2, 0.25) is 0 Å². The summed E-state index contributed by atoms with van der Waals surface area (Å²) < 4.78 is 21.3. The minimum atomic E-state index is -1.05. The van der Waals surface area contributed by atoms with Crippen molar-refractivity contribution in [1.82, 2.24) is 0 Å². The van der Waals surface area contributed by atoms with E-state index in [1.54, 1.807) is 33.8 Å². The van der Waals surface area contributed by atoms with Gasteiger partial charge in [0.15, 0.2) is 0 Å². The van der Waals surface area contributed by atoms with Gasteiger partial charge >= 0.3 is 23.9 Å². The summed E-state index contributed by atoms with van der Waals surface area (Å²) in [6.45, 7) is 11.2. The van der Waals surface area contributed by atoms with Gasteiger partial charge in [-0.05, 0) is 40.5 Å². The highest BCUT2D eigenvalue weighted by Crippen LogP contribution is 2.46. The van der Waals surface area contributed by atoms with Crippen LogP contribution in [-0.2, 0) is 38.1 Å². The first kappa shape index (κ1) is 29.4. The van der Waals surface area contributed by atoms with E-state index < -0.39 is 47.5 Å². The van der Waals surface area contributed by atoms with Crippen molar-refractivity contribution in [2.75, 3.05) is 26.4 Å². The van der Waals surface area contributed by atoms with Crippen LogP contribution in [0.15, 0.2) is 23.3 Å². The number of hydrogen-bond donors (Lipinski definition) is 0. The number of esters is 4. The number of carbonyl (C=O) groups is 4. The van der Waals surface area contributed by atoms with Crippen LogP contribution < -0.4 is 0 Å². The van der Waals surface area contributed by atoms with Gasteiger partial charge < -0.3 is 18.9 Å². The minimum Gasteiger partial charge on any atom is -0.466 e. The second-order valence-corrected chi connectivity index (χ2v) is 7.99. The molecule has 0 saturated carbocycles. The minimum absolute atomic E-state index is 0.112. The van der Waals surface area contributed by atoms with Crippen molar-refractivity contribution in [2.24, 2.45) is 23.7 Å². The van der Waals surface area contributed by atoms with E-state index in [9.17, 15) is 19.2 Å². The average molecular weight is 481 g/mol. The molecule has 4 atom stereocenters. The van der Waals surface area contributed by atoms with Crippen molar-refractivity contribution in [1.29, 1.82) is 0 Å². The monoisotopic (exact) mass is 480 g/mol. The largest absolute Gasteiger partial charge is 0.466 e. The first-order valence-corrected chi connectivity index (χ1v) is 12.4. The fraction of sp³-hybridized carbons (Fsp3) is 0.692. The Morgan fingerprint density at radius 3 is 1.88 bits per heavy atom. The topological polar surface area (TPSA) is 105 Å². The molecule has 0 aliphatic heterocycles. The maximum atomic E-state index is 13.4. The highest BCUT2D eigenvalue weighted by Gasteiger charge is 2.51. The molecule has 0 bridgehead atoms. The summed E-state index contributed by atoms with van der Waals surface area (Å²) in [6, 6.07) is 0. The Bertz CT molecular complexity index is 767. The Morgan fingerprint density at radius 2 is 1.35 bits per heavy atom. The van der Waals surface area contributed by atoms with E-state index in [4.69, 9.17) is 18.9 Å². The van der Waals surface area contributed by atoms with Gasteiger partial charge in [0.25, 0.3) is 0 Å². The smallest absolute Gasteiger partial charge is 0.334 e. The zero-order chi connectivity index (χ0) is 25.7. The lowest BCUT2D eigenvalue weighted by Crippen LogP contribution is -2.46. The lowest BCUT2D eigenvalue weighted by molar-refractivity contribution is -0.157. The van der Waals surface area contributed by atoms with Crippen LogP contribution in [0.2, 0.25) is 0 Å². The van der Waals surface area contributed by atoms with E-state index in [1.165, 1.54) is 6.08 Å². The van der Waals surface area contributed by atoms with Gasteiger partial charge in [-0.2, -0.15) is 0 Å². The second-order valence-electron chi connectivity index (χ2n) is 7.99. The number of carbonyl (C=O) groups excluding carboxylic acids is 4. The summed E-state index contributed by atoms with van der Waals surface area (Å²) >= 11 is 0. The van der Waals surface area contributed by atoms with Crippen molar-refractivity contribution in [3.8, 4) is 0 Å². The maximum absolute atomic E-state index is 13.4. The van der Waals surface area contributed by atoms with Crippen molar-refractivity contribution in [3.63, 3.8) is 0 Å². The number of unbranched alkanes of at least 4 members (excludes halogenated alkanes) is 1. The van der Waals surface area contributed by atoms with Gasteiger partial charge in [-0.1, -0.05) is 38.8 Å². The highest BCUT2D eigenvalue weighted by atomic mass is 16.5. The predicted molar refractivity (Wildman–Crippen MR) is 126 cm³/mol. The van der Waals surface area contributed by atoms with E-state index in [1.807, 2.05) is 13.8 Å². The standard InChI is InChI=1S/C26H40O8/c1-7-13-15-18(23(27)31-9-3)21-20(25(29)33-11-5)16-19(24(28)32-10-4)17(14-8-2)22(21)26(30)34-12-6/h15-17,20-22H,7-14H2,1-6H3/b18-15+/t17-,20-,21+,22+/m0/s1. The summed E-state index contributed by atoms with van der Waals surface area (Å²) in [4.78, 5) is 52.5. The summed E-state index contributed by atoms with van der Waals surface area (Å²) in [7, 11) is 0. The SMILES string of the molecule is CCC/C=C(/C(=O)OCC)[C@H]1[C@H](C(=O)OCC)[C@@H](CCC)C(C(=O)OCC)=C[C@@H]1C(=O)OCC. The average Bonchev–Trinajstić information content (AvgIpc) is 2.80. The molecule has 0 spiro atoms. The normalized spacial score (nSPS) is 22.4. The van der Waals surface area contributed by atoms with Crippen LogP contribution in [0.25, 0.3) is 0 Å². The molecule has 0 aromatic heterocycles. The Labute approximate surface area is 203 Å². The number of rotatable bonds is 13. The molecular weight excluding hydrogens is 440 g/mol. The van der Waals surface area contributed by atoms with Gasteiger partial charge in [-0.3, -0.25) is 9.59 Å². The van der Waals surface area contributed by atoms with Crippen molar-refractivity contribution >= 4 is 23.9 Å². The lowest BCUT2D eigenvalue weighted by atomic mass is 9.63. The van der Waals surface area contributed by atoms with Crippen LogP contribution in [0, 0.1) is 23.7 Å². The third-order valence-corrected chi connectivity index (χ3v) is 5.72. The van der Waals surface area contributed by atoms with Gasteiger partial charge in [-0.25, -0.2) is 9.59 Å². The first-order chi connectivity index (χ1) is 16.3. The fourth-order valence-electron chi connectivity index (χ4n) is 4.43. The molecule has 0 saturated heterocycles. The summed E-state index contributed by atoms with van der Waals surface area (Å²) in [5.41, 5.74) is 0.481. The van der Waals surface area contributed by atoms with E-state index in [2.05, 4.69) is 0 Å². The lowest BCUT2D eigenvalue weighted by Gasteiger charge is -2.40. The molecule has 8 nitrogen and oxygen atoms in total. The van der Waals surface area contributed by atoms with Crippen molar-refractivity contribution in [3.05, 3.63) is 23.3 Å². The molecule has 8 heteroatoms. The van der Waals surface area contributed by atoms with Crippen LogP contribution >= 0.6 is 0 Å². The molecule has 1 aliphatic carbocycles. The van der Waals surface area contributed by atoms with Gasteiger partial charge in [0.1, 0.15) is 0 Å². The third-order valence-electron chi connectivity index (χ3n) is 5.72. The van der Waals surface area contributed by atoms with Gasteiger partial charge in [-0.15, -0.1) is 0 Å². The molecule has 192 valence electrons. The molecule has 0 unspecified atom stereocenters. The molecule has 0 fully saturated rings. The van der Waals surface area contributed by atoms with Crippen LogP contribution in [0.5, 0.6) is 0 Å². The molecule has 0 aromatic carbocycles. The molecule has 34 heavy (non-hydrogen) atoms. The van der Waals surface area contributed by atoms with Crippen LogP contribution in [-0.4, -0.2) is 50.3 Å². The quantitative estimate of drug-likeness (QED) is 0.220. The summed E-state index contributed by atoms with van der Waals surface area (Å²) in [5, 5.41) is 0. The summed E-state index contributed by atoms with van der Waals surface area (Å²) in [5.74, 6) is -5.84. The number of hydrogen-bond acceptors (Lipinski definition) is 8. The van der Waals surface area contributed by atoms with E-state index in [0.717, 1.165) is 6.42 Å². The van der Waals surface area contributed by atoms with Crippen molar-refractivity contribution < 1.29 is 38.1 Å². The Kier molecular flexibility index (Phi) is 13.2. The van der Waals surface area contributed by atoms with E-state index >= 15 is 0 Å². The molecule has 0 amide bonds. The Morgan fingerprint density at radius 1 is 0.765 bits per heavy atom. The second kappa shape index (κ2) is 15.3. The molecule has 0 radical (unpaired) electrons. The molecular formula is C26H40O8. The summed E-state index contributed by atoms with van der Waals surface area (Å²) in [6.07, 6.45) is 5.71. The molecule has 0 N–H and O–H groups in total. The van der Waals surface area contributed by atoms with Crippen molar-refractivity contribution in [2.45, 2.75) is 67.2 Å². The Balaban J connectivity index is 3.89. The van der Waals surface area contributed by atoms with Crippen LogP contribution in [0.4, 0.5) is 0 Å². The number of ether oxygens (including phenoxy) is 4. The van der Waals surface area contributed by atoms with Gasteiger partial charge in [0, 0.05) is 23.0 Å². The van der Waals surface area contributed by atoms with Crippen LogP contribution in [0.3, 0.4) is 0 Å². The predicted octanol–water partition coefficient (Wildman–Crippen LogP) is 4.17. The maximum Gasteiger partial charge on any atom is 0.334 e. The highest BCUT2D eigenvalue weighted by molar-refractivity contribution is 5.96. The third kappa shape index (κ3) is 7.43. The molecule has 0 heterocycles. The zero-order valence-electron chi connectivity index (χ0n) is 21.4. The van der Waals surface area contributed by atoms with Gasteiger partial charge in [0.05, 0.1) is 38.3 Å².